The molecular weight excluding hydrogens is 374 g/mol. The first-order valence-electron chi connectivity index (χ1n) is 8.78. The summed E-state index contributed by atoms with van der Waals surface area (Å²) in [6, 6.07) is 12.9. The summed E-state index contributed by atoms with van der Waals surface area (Å²) >= 11 is 1.40. The molecule has 28 heavy (non-hydrogen) atoms. The number of aromatic nitrogens is 1. The van der Waals surface area contributed by atoms with Gasteiger partial charge in [0, 0.05) is 23.6 Å². The van der Waals surface area contributed by atoms with E-state index in [2.05, 4.69) is 4.98 Å². The third-order valence-electron chi connectivity index (χ3n) is 4.30. The molecule has 0 aliphatic heterocycles. The Bertz CT molecular complexity index is 1020. The number of Topliss-reactive ketones (excluding diaryl/α,β-unsaturated/α-hetero) is 2. The number of hydrogen-bond donors (Lipinski definition) is 0. The van der Waals surface area contributed by atoms with E-state index in [1.165, 1.54) is 18.3 Å². The van der Waals surface area contributed by atoms with E-state index in [4.69, 9.17) is 9.47 Å². The second-order valence-electron chi connectivity index (χ2n) is 6.39. The summed E-state index contributed by atoms with van der Waals surface area (Å²) in [4.78, 5) is 28.4. The number of carbonyl (C=O) groups excluding carboxylic acids is 2. The van der Waals surface area contributed by atoms with Crippen LogP contribution < -0.4 is 9.47 Å². The molecule has 6 heteroatoms. The number of thiazole rings is 1. The molecule has 0 saturated heterocycles. The van der Waals surface area contributed by atoms with E-state index < -0.39 is 0 Å². The van der Waals surface area contributed by atoms with Crippen LogP contribution in [0.15, 0.2) is 42.5 Å². The molecule has 0 radical (unpaired) electrons. The highest BCUT2D eigenvalue weighted by Crippen LogP contribution is 2.30. The zero-order valence-corrected chi connectivity index (χ0v) is 17.1. The lowest BCUT2D eigenvalue weighted by molar-refractivity contribution is 0.101. The van der Waals surface area contributed by atoms with Gasteiger partial charge >= 0.3 is 0 Å². The zero-order chi connectivity index (χ0) is 20.3. The van der Waals surface area contributed by atoms with Crippen molar-refractivity contribution in [2.24, 2.45) is 0 Å². The van der Waals surface area contributed by atoms with E-state index in [1.54, 1.807) is 32.2 Å². The molecule has 3 aromatic rings. The van der Waals surface area contributed by atoms with Crippen LogP contribution in [0.5, 0.6) is 11.5 Å². The highest BCUT2D eigenvalue weighted by atomic mass is 32.1. The molecule has 2 aromatic carbocycles. The summed E-state index contributed by atoms with van der Waals surface area (Å²) in [5.41, 5.74) is 3.12. The lowest BCUT2D eigenvalue weighted by Crippen LogP contribution is -2.01. The van der Waals surface area contributed by atoms with E-state index >= 15 is 0 Å². The van der Waals surface area contributed by atoms with E-state index in [0.29, 0.717) is 21.9 Å². The number of rotatable bonds is 7. The molecule has 0 aliphatic rings. The maximum Gasteiger partial charge on any atom is 0.171 e. The van der Waals surface area contributed by atoms with Gasteiger partial charge in [-0.15, -0.1) is 11.3 Å². The van der Waals surface area contributed by atoms with Crippen molar-refractivity contribution in [2.45, 2.75) is 27.4 Å². The van der Waals surface area contributed by atoms with Gasteiger partial charge in [-0.1, -0.05) is 0 Å². The highest BCUT2D eigenvalue weighted by Gasteiger charge is 2.13. The van der Waals surface area contributed by atoms with Gasteiger partial charge < -0.3 is 9.47 Å². The van der Waals surface area contributed by atoms with Crippen LogP contribution in [0.1, 0.15) is 45.1 Å². The van der Waals surface area contributed by atoms with Gasteiger partial charge in [-0.2, -0.15) is 0 Å². The smallest absolute Gasteiger partial charge is 0.171 e. The van der Waals surface area contributed by atoms with Crippen LogP contribution in [-0.2, 0) is 6.61 Å². The number of benzene rings is 2. The van der Waals surface area contributed by atoms with Crippen LogP contribution in [0.3, 0.4) is 0 Å². The Hall–Kier alpha value is -2.99. The molecule has 0 atom stereocenters. The van der Waals surface area contributed by atoms with Crippen molar-refractivity contribution in [2.75, 3.05) is 7.11 Å². The van der Waals surface area contributed by atoms with Gasteiger partial charge in [0.05, 0.1) is 17.7 Å². The van der Waals surface area contributed by atoms with Gasteiger partial charge in [0.15, 0.2) is 11.6 Å². The fraction of sp³-hybridized carbons (Fsp3) is 0.227. The van der Waals surface area contributed by atoms with Crippen LogP contribution in [0.4, 0.5) is 0 Å². The molecule has 1 aromatic heterocycles. The molecule has 3 rings (SSSR count). The minimum atomic E-state index is -0.00284. The quantitative estimate of drug-likeness (QED) is 0.520. The third kappa shape index (κ3) is 4.28. The molecule has 0 amide bonds. The van der Waals surface area contributed by atoms with Gasteiger partial charge in [-0.3, -0.25) is 9.59 Å². The maximum absolute atomic E-state index is 11.6. The molecule has 0 saturated carbocycles. The minimum absolute atomic E-state index is 0.00284. The molecular formula is C22H21NO4S. The number of aryl methyl sites for hydroxylation is 1. The lowest BCUT2D eigenvalue weighted by Gasteiger charge is -2.11. The molecule has 0 bridgehead atoms. The first kappa shape index (κ1) is 19.8. The van der Waals surface area contributed by atoms with Crippen LogP contribution in [0.2, 0.25) is 0 Å². The molecule has 144 valence electrons. The first-order valence-corrected chi connectivity index (χ1v) is 9.60. The second kappa shape index (κ2) is 8.35. The Kier molecular flexibility index (Phi) is 5.90. The van der Waals surface area contributed by atoms with Crippen molar-refractivity contribution in [3.8, 4) is 22.1 Å². The Labute approximate surface area is 168 Å². The number of carbonyl (C=O) groups is 2. The number of nitrogens with zero attached hydrogens (tertiary/aromatic N) is 1. The highest BCUT2D eigenvalue weighted by molar-refractivity contribution is 7.17. The Morgan fingerprint density at radius 2 is 1.75 bits per heavy atom. The Morgan fingerprint density at radius 3 is 2.32 bits per heavy atom. The standard InChI is InChI=1S/C22H21NO4S/c1-13-21(15(3)25)28-22(23-13)16-5-8-19(9-6-16)27-12-18-11-17(14(2)24)7-10-20(18)26-4/h5-11H,12H2,1-4H3. The first-order chi connectivity index (χ1) is 13.4. The topological polar surface area (TPSA) is 65.5 Å². The fourth-order valence-electron chi connectivity index (χ4n) is 2.81. The van der Waals surface area contributed by atoms with Gasteiger partial charge in [0.2, 0.25) is 0 Å². The summed E-state index contributed by atoms with van der Waals surface area (Å²) in [6.45, 7) is 5.21. The van der Waals surface area contributed by atoms with Crippen LogP contribution >= 0.6 is 11.3 Å². The van der Waals surface area contributed by atoms with E-state index in [0.717, 1.165) is 21.8 Å². The van der Waals surface area contributed by atoms with E-state index in [1.807, 2.05) is 31.2 Å². The summed E-state index contributed by atoms with van der Waals surface area (Å²) in [6.07, 6.45) is 0. The average molecular weight is 395 g/mol. The largest absolute Gasteiger partial charge is 0.496 e. The van der Waals surface area contributed by atoms with Crippen molar-refractivity contribution >= 4 is 22.9 Å². The Balaban J connectivity index is 1.75. The number of ether oxygens (including phenoxy) is 2. The second-order valence-corrected chi connectivity index (χ2v) is 7.38. The van der Waals surface area contributed by atoms with Crippen LogP contribution in [0.25, 0.3) is 10.6 Å². The predicted octanol–water partition coefficient (Wildman–Crippen LogP) is 5.11. The molecule has 5 nitrogen and oxygen atoms in total. The molecule has 0 N–H and O–H groups in total. The SMILES string of the molecule is COc1ccc(C(C)=O)cc1COc1ccc(-c2nc(C)c(C(C)=O)s2)cc1. The Morgan fingerprint density at radius 1 is 1.04 bits per heavy atom. The van der Waals surface area contributed by atoms with Crippen molar-refractivity contribution in [1.29, 1.82) is 0 Å². The van der Waals surface area contributed by atoms with Gasteiger partial charge in [-0.05, 0) is 56.3 Å². The van der Waals surface area contributed by atoms with Crippen LogP contribution in [-0.4, -0.2) is 23.7 Å². The van der Waals surface area contributed by atoms with Crippen LogP contribution in [0, 0.1) is 6.92 Å². The normalized spacial score (nSPS) is 10.6. The van der Waals surface area contributed by atoms with Crippen molar-refractivity contribution < 1.29 is 19.1 Å². The molecule has 0 aliphatic carbocycles. The van der Waals surface area contributed by atoms with Crippen molar-refractivity contribution in [3.63, 3.8) is 0 Å². The molecule has 0 fully saturated rings. The summed E-state index contributed by atoms with van der Waals surface area (Å²) in [5.74, 6) is 1.40. The van der Waals surface area contributed by atoms with Gasteiger partial charge in [-0.25, -0.2) is 4.98 Å². The third-order valence-corrected chi connectivity index (χ3v) is 5.61. The molecule has 1 heterocycles. The van der Waals surface area contributed by atoms with Gasteiger partial charge in [0.25, 0.3) is 0 Å². The summed E-state index contributed by atoms with van der Waals surface area (Å²) in [7, 11) is 1.59. The number of hydrogen-bond acceptors (Lipinski definition) is 6. The molecule has 0 unspecified atom stereocenters. The van der Waals surface area contributed by atoms with Gasteiger partial charge in [0.1, 0.15) is 23.1 Å². The summed E-state index contributed by atoms with van der Waals surface area (Å²) < 4.78 is 11.2. The number of ketones is 2. The lowest BCUT2D eigenvalue weighted by atomic mass is 10.1. The number of methoxy groups -OCH3 is 1. The molecule has 0 spiro atoms. The van der Waals surface area contributed by atoms with E-state index in [9.17, 15) is 9.59 Å². The zero-order valence-electron chi connectivity index (χ0n) is 16.2. The summed E-state index contributed by atoms with van der Waals surface area (Å²) in [5, 5.41) is 0.810. The maximum atomic E-state index is 11.6. The fourth-order valence-corrected chi connectivity index (χ4v) is 3.78. The monoisotopic (exact) mass is 395 g/mol. The average Bonchev–Trinajstić information content (AvgIpc) is 3.08. The van der Waals surface area contributed by atoms with E-state index in [-0.39, 0.29) is 18.2 Å². The van der Waals surface area contributed by atoms with Crippen molar-refractivity contribution in [3.05, 3.63) is 64.2 Å². The minimum Gasteiger partial charge on any atom is -0.496 e. The predicted molar refractivity (Wildman–Crippen MR) is 110 cm³/mol. The van der Waals surface area contributed by atoms with Crippen molar-refractivity contribution in [1.82, 2.24) is 4.98 Å².